The fraction of sp³-hybridized carbons (Fsp3) is 0.375. The highest BCUT2D eigenvalue weighted by Crippen LogP contribution is 2.57. The first-order valence-electron chi connectivity index (χ1n) is 10.6. The standard InChI is InChI=1S/C24H21Cl2F3N2O2S/c1-13-7-14(3-4-19(13)21(32)8-15-5-6-31(2)22(15)33)20-12-23(34-30-20,24(27,28)29)16-9-17(25)11-18(26)10-16/h3-4,7,9-11,15H,5-6,8,12H2,1-2H3. The molecule has 4 nitrogen and oxygen atoms in total. The topological polar surface area (TPSA) is 49.7 Å². The van der Waals surface area contributed by atoms with Crippen molar-refractivity contribution in [2.75, 3.05) is 13.6 Å². The van der Waals surface area contributed by atoms with E-state index in [0.717, 1.165) is 0 Å². The van der Waals surface area contributed by atoms with E-state index >= 15 is 0 Å². The Morgan fingerprint density at radius 1 is 1.21 bits per heavy atom. The Kier molecular flexibility index (Phi) is 6.79. The molecular weight excluding hydrogens is 508 g/mol. The fourth-order valence-electron chi connectivity index (χ4n) is 4.42. The van der Waals surface area contributed by atoms with Crippen LogP contribution < -0.4 is 0 Å². The fourth-order valence-corrected chi connectivity index (χ4v) is 5.91. The quantitative estimate of drug-likeness (QED) is 0.322. The van der Waals surface area contributed by atoms with Crippen LogP contribution in [0.1, 0.15) is 46.3 Å². The van der Waals surface area contributed by atoms with E-state index < -0.39 is 17.3 Å². The molecule has 2 aliphatic heterocycles. The maximum atomic E-state index is 14.3. The van der Waals surface area contributed by atoms with E-state index in [0.29, 0.717) is 41.6 Å². The Balaban J connectivity index is 1.58. The Hall–Kier alpha value is -2.03. The Morgan fingerprint density at radius 2 is 1.88 bits per heavy atom. The molecule has 1 amide bonds. The number of Topliss-reactive ketones (excluding diaryl/α,β-unsaturated/α-hetero) is 1. The van der Waals surface area contributed by atoms with E-state index in [-0.39, 0.29) is 45.3 Å². The summed E-state index contributed by atoms with van der Waals surface area (Å²) in [6.07, 6.45) is -4.25. The van der Waals surface area contributed by atoms with Crippen LogP contribution in [0.4, 0.5) is 13.2 Å². The SMILES string of the molecule is Cc1cc(C2=NSC(c3cc(Cl)cc(Cl)c3)(C(F)(F)F)C2)ccc1C(=O)CC1CCN(C)C1=O. The van der Waals surface area contributed by atoms with Crippen molar-refractivity contribution in [3.63, 3.8) is 0 Å². The van der Waals surface area contributed by atoms with Crippen LogP contribution in [0, 0.1) is 12.8 Å². The number of carbonyl (C=O) groups excluding carboxylic acids is 2. The minimum atomic E-state index is -4.61. The predicted molar refractivity (Wildman–Crippen MR) is 129 cm³/mol. The molecule has 0 bridgehead atoms. The summed E-state index contributed by atoms with van der Waals surface area (Å²) in [5.74, 6) is -0.521. The third-order valence-corrected chi connectivity index (χ3v) is 8.02. The van der Waals surface area contributed by atoms with Crippen molar-refractivity contribution in [2.24, 2.45) is 10.3 Å². The molecule has 180 valence electrons. The number of nitrogens with zero attached hydrogens (tertiary/aromatic N) is 2. The lowest BCUT2D eigenvalue weighted by Gasteiger charge is -2.30. The van der Waals surface area contributed by atoms with Crippen molar-refractivity contribution in [1.82, 2.24) is 4.90 Å². The van der Waals surface area contributed by atoms with Crippen molar-refractivity contribution in [2.45, 2.75) is 37.1 Å². The van der Waals surface area contributed by atoms with E-state index in [1.54, 1.807) is 37.1 Å². The zero-order valence-corrected chi connectivity index (χ0v) is 20.7. The highest BCUT2D eigenvalue weighted by atomic mass is 35.5. The van der Waals surface area contributed by atoms with Crippen molar-refractivity contribution >= 4 is 52.6 Å². The normalized spacial score (nSPS) is 22.9. The number of benzene rings is 2. The van der Waals surface area contributed by atoms with E-state index in [1.165, 1.54) is 18.2 Å². The van der Waals surface area contributed by atoms with Crippen LogP contribution in [0.2, 0.25) is 10.0 Å². The van der Waals surface area contributed by atoms with Crippen molar-refractivity contribution in [1.29, 1.82) is 0 Å². The Bertz CT molecular complexity index is 1180. The van der Waals surface area contributed by atoms with E-state index in [1.807, 2.05) is 0 Å². The average Bonchev–Trinajstić information content (AvgIpc) is 3.33. The molecule has 2 heterocycles. The summed E-state index contributed by atoms with van der Waals surface area (Å²) >= 11 is 12.4. The molecule has 10 heteroatoms. The lowest BCUT2D eigenvalue weighted by molar-refractivity contribution is -0.159. The van der Waals surface area contributed by atoms with E-state index in [9.17, 15) is 22.8 Å². The second-order valence-electron chi connectivity index (χ2n) is 8.69. The Morgan fingerprint density at radius 3 is 2.44 bits per heavy atom. The van der Waals surface area contributed by atoms with Gasteiger partial charge in [-0.05, 0) is 66.2 Å². The predicted octanol–water partition coefficient (Wildman–Crippen LogP) is 6.65. The summed E-state index contributed by atoms with van der Waals surface area (Å²) in [6.45, 7) is 2.36. The van der Waals surface area contributed by atoms with Crippen LogP contribution in [-0.2, 0) is 9.54 Å². The number of carbonyl (C=O) groups is 2. The smallest absolute Gasteiger partial charge is 0.345 e. The van der Waals surface area contributed by atoms with Gasteiger partial charge in [-0.3, -0.25) is 9.59 Å². The summed E-state index contributed by atoms with van der Waals surface area (Å²) in [5.41, 5.74) is 1.81. The molecule has 2 atom stereocenters. The van der Waals surface area contributed by atoms with Gasteiger partial charge in [0.2, 0.25) is 5.91 Å². The molecule has 2 aromatic rings. The van der Waals surface area contributed by atoms with Crippen molar-refractivity contribution in [3.05, 3.63) is 68.7 Å². The van der Waals surface area contributed by atoms with E-state index in [2.05, 4.69) is 4.40 Å². The average molecular weight is 529 g/mol. The maximum absolute atomic E-state index is 14.3. The monoisotopic (exact) mass is 528 g/mol. The van der Waals surface area contributed by atoms with Gasteiger partial charge in [-0.1, -0.05) is 35.3 Å². The first-order chi connectivity index (χ1) is 15.9. The summed E-state index contributed by atoms with van der Waals surface area (Å²) in [7, 11) is 1.71. The van der Waals surface area contributed by atoms with Crippen molar-refractivity contribution in [3.8, 4) is 0 Å². The van der Waals surface area contributed by atoms with Gasteiger partial charge in [-0.2, -0.15) is 13.2 Å². The lowest BCUT2D eigenvalue weighted by Crippen LogP contribution is -2.38. The minimum absolute atomic E-state index is 0.0374. The second kappa shape index (κ2) is 9.21. The number of ketones is 1. The third kappa shape index (κ3) is 4.60. The van der Waals surface area contributed by atoms with Crippen LogP contribution in [0.5, 0.6) is 0 Å². The first kappa shape index (κ1) is 25.1. The molecule has 0 aliphatic carbocycles. The van der Waals surface area contributed by atoms with Gasteiger partial charge in [0.05, 0.1) is 5.71 Å². The molecule has 2 aliphatic rings. The first-order valence-corrected chi connectivity index (χ1v) is 12.1. The molecule has 1 fully saturated rings. The Labute approximate surface area is 209 Å². The summed E-state index contributed by atoms with van der Waals surface area (Å²) in [6, 6.07) is 8.80. The number of rotatable bonds is 5. The molecule has 0 radical (unpaired) electrons. The summed E-state index contributed by atoms with van der Waals surface area (Å²) in [4.78, 5) is 26.6. The van der Waals surface area contributed by atoms with Crippen LogP contribution >= 0.6 is 35.1 Å². The summed E-state index contributed by atoms with van der Waals surface area (Å²) in [5, 5.41) is 0.233. The zero-order chi connectivity index (χ0) is 24.8. The number of alkyl halides is 3. The molecule has 1 saturated heterocycles. The molecule has 0 spiro atoms. The van der Waals surface area contributed by atoms with Gasteiger partial charge in [0.15, 0.2) is 10.5 Å². The van der Waals surface area contributed by atoms with Gasteiger partial charge in [0.1, 0.15) is 0 Å². The van der Waals surface area contributed by atoms with Gasteiger partial charge in [0, 0.05) is 48.0 Å². The van der Waals surface area contributed by atoms with Gasteiger partial charge in [0.25, 0.3) is 0 Å². The number of hydrogen-bond acceptors (Lipinski definition) is 4. The van der Waals surface area contributed by atoms with Crippen LogP contribution in [0.25, 0.3) is 0 Å². The van der Waals surface area contributed by atoms with Crippen LogP contribution in [0.15, 0.2) is 40.8 Å². The molecule has 0 saturated carbocycles. The molecule has 4 rings (SSSR count). The highest BCUT2D eigenvalue weighted by Gasteiger charge is 2.60. The summed E-state index contributed by atoms with van der Waals surface area (Å²) < 4.78 is 44.8. The third-order valence-electron chi connectivity index (χ3n) is 6.35. The maximum Gasteiger partial charge on any atom is 0.409 e. The van der Waals surface area contributed by atoms with E-state index in [4.69, 9.17) is 23.2 Å². The van der Waals surface area contributed by atoms with Gasteiger partial charge >= 0.3 is 6.18 Å². The molecule has 2 aromatic carbocycles. The second-order valence-corrected chi connectivity index (χ2v) is 10.6. The van der Waals surface area contributed by atoms with Gasteiger partial charge < -0.3 is 4.90 Å². The van der Waals surface area contributed by atoms with Crippen LogP contribution in [-0.4, -0.2) is 42.1 Å². The molecule has 0 N–H and O–H groups in total. The molecule has 2 unspecified atom stereocenters. The number of halogens is 5. The van der Waals surface area contributed by atoms with Crippen molar-refractivity contribution < 1.29 is 22.8 Å². The number of aryl methyl sites for hydroxylation is 1. The van der Waals surface area contributed by atoms with Gasteiger partial charge in [-0.15, -0.1) is 0 Å². The number of amides is 1. The largest absolute Gasteiger partial charge is 0.409 e. The van der Waals surface area contributed by atoms with Gasteiger partial charge in [-0.25, -0.2) is 4.40 Å². The number of hydrogen-bond donors (Lipinski definition) is 0. The zero-order valence-electron chi connectivity index (χ0n) is 18.4. The molecule has 0 aromatic heterocycles. The lowest BCUT2D eigenvalue weighted by atomic mass is 9.88. The minimum Gasteiger partial charge on any atom is -0.345 e. The molecule has 34 heavy (non-hydrogen) atoms. The van der Waals surface area contributed by atoms with Crippen LogP contribution in [0.3, 0.4) is 0 Å². The highest BCUT2D eigenvalue weighted by molar-refractivity contribution is 7.99. The number of likely N-dealkylation sites (tertiary alicyclic amines) is 1. The molecular formula is C24H21Cl2F3N2O2S.